The Morgan fingerprint density at radius 1 is 1.00 bits per heavy atom. The highest BCUT2D eigenvalue weighted by atomic mass is 16.5. The van der Waals surface area contributed by atoms with Gasteiger partial charge in [0.25, 0.3) is 0 Å². The molecule has 0 amide bonds. The zero-order valence-electron chi connectivity index (χ0n) is 15.4. The number of benzene rings is 2. The molecule has 0 aliphatic rings. The van der Waals surface area contributed by atoms with Crippen molar-refractivity contribution < 1.29 is 9.47 Å². The van der Waals surface area contributed by atoms with E-state index >= 15 is 0 Å². The molecule has 1 aromatic heterocycles. The monoisotopic (exact) mass is 359 g/mol. The maximum absolute atomic E-state index is 8.87. The molecule has 0 unspecified atom stereocenters. The predicted molar refractivity (Wildman–Crippen MR) is 105 cm³/mol. The van der Waals surface area contributed by atoms with Gasteiger partial charge >= 0.3 is 0 Å². The minimum atomic E-state index is 0.492. The number of hydrogen-bond acceptors (Lipinski definition) is 5. The van der Waals surface area contributed by atoms with Gasteiger partial charge in [-0.25, -0.2) is 4.98 Å². The Kier molecular flexibility index (Phi) is 5.91. The number of rotatable bonds is 7. The van der Waals surface area contributed by atoms with Gasteiger partial charge in [-0.3, -0.25) is 0 Å². The molecule has 3 rings (SSSR count). The number of hydrogen-bond donors (Lipinski definition) is 0. The highest BCUT2D eigenvalue weighted by Gasteiger charge is 2.09. The molecule has 0 bridgehead atoms. The third kappa shape index (κ3) is 4.77. The van der Waals surface area contributed by atoms with Gasteiger partial charge in [0.05, 0.1) is 12.7 Å². The number of anilines is 1. The van der Waals surface area contributed by atoms with Crippen molar-refractivity contribution in [3.05, 3.63) is 83.6 Å². The molecule has 27 heavy (non-hydrogen) atoms. The maximum atomic E-state index is 8.87. The molecule has 0 N–H and O–H groups in total. The molecule has 0 atom stereocenters. The van der Waals surface area contributed by atoms with Crippen LogP contribution in [0.2, 0.25) is 0 Å². The lowest BCUT2D eigenvalue weighted by atomic mass is 10.2. The smallest absolute Gasteiger partial charge is 0.161 e. The summed E-state index contributed by atoms with van der Waals surface area (Å²) in [6.07, 6.45) is 1.58. The standard InChI is InChI=1S/C22H21N3O2/c1-25(22-11-9-19(13-23)14-24-22)15-18-8-10-20(21(12-18)26-2)27-16-17-6-4-3-5-7-17/h3-12,14H,15-16H2,1-2H3. The van der Waals surface area contributed by atoms with Gasteiger partial charge in [0.2, 0.25) is 0 Å². The summed E-state index contributed by atoms with van der Waals surface area (Å²) >= 11 is 0. The second-order valence-corrected chi connectivity index (χ2v) is 6.13. The van der Waals surface area contributed by atoms with E-state index in [9.17, 15) is 0 Å². The van der Waals surface area contributed by atoms with Crippen LogP contribution in [0, 0.1) is 11.3 Å². The Bertz CT molecular complexity index is 919. The second-order valence-electron chi connectivity index (χ2n) is 6.13. The number of nitrogens with zero attached hydrogens (tertiary/aromatic N) is 3. The number of pyridine rings is 1. The summed E-state index contributed by atoms with van der Waals surface area (Å²) in [6, 6.07) is 21.6. The summed E-state index contributed by atoms with van der Waals surface area (Å²) in [5.74, 6) is 2.21. The van der Waals surface area contributed by atoms with E-state index in [0.29, 0.717) is 30.2 Å². The van der Waals surface area contributed by atoms with Crippen LogP contribution in [-0.4, -0.2) is 19.1 Å². The number of ether oxygens (including phenoxy) is 2. The van der Waals surface area contributed by atoms with E-state index in [1.54, 1.807) is 19.4 Å². The van der Waals surface area contributed by atoms with Gasteiger partial charge in [-0.1, -0.05) is 36.4 Å². The van der Waals surface area contributed by atoms with E-state index in [-0.39, 0.29) is 0 Å². The summed E-state index contributed by atoms with van der Waals surface area (Å²) in [7, 11) is 3.60. The Balaban J connectivity index is 1.68. The van der Waals surface area contributed by atoms with E-state index in [1.165, 1.54) is 0 Å². The lowest BCUT2D eigenvalue weighted by Gasteiger charge is -2.19. The molecular formula is C22H21N3O2. The van der Waals surface area contributed by atoms with Crippen LogP contribution in [0.5, 0.6) is 11.5 Å². The van der Waals surface area contributed by atoms with Crippen molar-refractivity contribution in [2.24, 2.45) is 0 Å². The Morgan fingerprint density at radius 3 is 2.48 bits per heavy atom. The third-order valence-electron chi connectivity index (χ3n) is 4.15. The molecule has 136 valence electrons. The molecule has 1 heterocycles. The fraction of sp³-hybridized carbons (Fsp3) is 0.182. The van der Waals surface area contributed by atoms with Crippen molar-refractivity contribution in [3.8, 4) is 17.6 Å². The van der Waals surface area contributed by atoms with Crippen LogP contribution in [0.1, 0.15) is 16.7 Å². The number of aromatic nitrogens is 1. The Morgan fingerprint density at radius 2 is 1.81 bits per heavy atom. The molecule has 0 saturated carbocycles. The van der Waals surface area contributed by atoms with Gasteiger partial charge in [0.1, 0.15) is 18.5 Å². The molecule has 0 fully saturated rings. The average Bonchev–Trinajstić information content (AvgIpc) is 2.73. The highest BCUT2D eigenvalue weighted by Crippen LogP contribution is 2.29. The normalized spacial score (nSPS) is 10.1. The first-order valence-electron chi connectivity index (χ1n) is 8.60. The summed E-state index contributed by atoms with van der Waals surface area (Å²) in [5, 5.41) is 8.87. The fourth-order valence-corrected chi connectivity index (χ4v) is 2.70. The minimum absolute atomic E-state index is 0.492. The molecule has 0 aliphatic heterocycles. The first-order valence-corrected chi connectivity index (χ1v) is 8.60. The van der Waals surface area contributed by atoms with Gasteiger partial charge in [-0.15, -0.1) is 0 Å². The maximum Gasteiger partial charge on any atom is 0.161 e. The Labute approximate surface area is 159 Å². The average molecular weight is 359 g/mol. The van der Waals surface area contributed by atoms with Crippen molar-refractivity contribution in [3.63, 3.8) is 0 Å². The molecule has 5 heteroatoms. The minimum Gasteiger partial charge on any atom is -0.493 e. The zero-order chi connectivity index (χ0) is 19.1. The lowest BCUT2D eigenvalue weighted by molar-refractivity contribution is 0.284. The van der Waals surface area contributed by atoms with Gasteiger partial charge in [-0.2, -0.15) is 5.26 Å². The van der Waals surface area contributed by atoms with Crippen LogP contribution >= 0.6 is 0 Å². The number of nitriles is 1. The molecule has 0 saturated heterocycles. The largest absolute Gasteiger partial charge is 0.493 e. The quantitative estimate of drug-likeness (QED) is 0.633. The van der Waals surface area contributed by atoms with Crippen LogP contribution in [0.3, 0.4) is 0 Å². The SMILES string of the molecule is COc1cc(CN(C)c2ccc(C#N)cn2)ccc1OCc1ccccc1. The summed E-state index contributed by atoms with van der Waals surface area (Å²) in [5.41, 5.74) is 2.73. The van der Waals surface area contributed by atoms with Gasteiger partial charge < -0.3 is 14.4 Å². The van der Waals surface area contributed by atoms with Gasteiger partial charge in [0, 0.05) is 19.8 Å². The summed E-state index contributed by atoms with van der Waals surface area (Å²) in [4.78, 5) is 6.33. The van der Waals surface area contributed by atoms with Crippen molar-refractivity contribution in [1.82, 2.24) is 4.98 Å². The summed E-state index contributed by atoms with van der Waals surface area (Å²) < 4.78 is 11.4. The molecule has 5 nitrogen and oxygen atoms in total. The first kappa shape index (κ1) is 18.3. The van der Waals surface area contributed by atoms with E-state index < -0.39 is 0 Å². The van der Waals surface area contributed by atoms with Crippen LogP contribution in [0.4, 0.5) is 5.82 Å². The van der Waals surface area contributed by atoms with Crippen molar-refractivity contribution in [2.75, 3.05) is 19.1 Å². The van der Waals surface area contributed by atoms with E-state index in [0.717, 1.165) is 16.9 Å². The summed E-state index contributed by atoms with van der Waals surface area (Å²) in [6.45, 7) is 1.15. The van der Waals surface area contributed by atoms with Crippen LogP contribution < -0.4 is 14.4 Å². The molecule has 0 spiro atoms. The lowest BCUT2D eigenvalue weighted by Crippen LogP contribution is -2.17. The predicted octanol–water partition coefficient (Wildman–Crippen LogP) is 4.18. The molecular weight excluding hydrogens is 338 g/mol. The topological polar surface area (TPSA) is 58.4 Å². The molecule has 3 aromatic rings. The third-order valence-corrected chi connectivity index (χ3v) is 4.15. The van der Waals surface area contributed by atoms with E-state index in [1.807, 2.05) is 66.5 Å². The van der Waals surface area contributed by atoms with Crippen molar-refractivity contribution in [2.45, 2.75) is 13.2 Å². The van der Waals surface area contributed by atoms with Crippen molar-refractivity contribution in [1.29, 1.82) is 5.26 Å². The first-order chi connectivity index (χ1) is 13.2. The van der Waals surface area contributed by atoms with Gasteiger partial charge in [0.15, 0.2) is 11.5 Å². The van der Waals surface area contributed by atoms with Crippen LogP contribution in [-0.2, 0) is 13.2 Å². The molecule has 0 radical (unpaired) electrons. The van der Waals surface area contributed by atoms with Crippen molar-refractivity contribution >= 4 is 5.82 Å². The number of methoxy groups -OCH3 is 1. The zero-order valence-corrected chi connectivity index (χ0v) is 15.4. The van der Waals surface area contributed by atoms with Crippen LogP contribution in [0.25, 0.3) is 0 Å². The van der Waals surface area contributed by atoms with E-state index in [4.69, 9.17) is 14.7 Å². The van der Waals surface area contributed by atoms with Gasteiger partial charge in [-0.05, 0) is 35.4 Å². The second kappa shape index (κ2) is 8.72. The Hall–Kier alpha value is -3.52. The molecule has 0 aliphatic carbocycles. The fourth-order valence-electron chi connectivity index (χ4n) is 2.70. The van der Waals surface area contributed by atoms with E-state index in [2.05, 4.69) is 11.1 Å². The van der Waals surface area contributed by atoms with Crippen LogP contribution in [0.15, 0.2) is 66.9 Å². The highest BCUT2D eigenvalue weighted by molar-refractivity contribution is 5.46. The molecule has 2 aromatic carbocycles.